The lowest BCUT2D eigenvalue weighted by Crippen LogP contribution is -1.90. The molecule has 6 heteroatoms. The molecule has 0 aliphatic heterocycles. The third-order valence-corrected chi connectivity index (χ3v) is 2.72. The molecule has 1 aromatic heterocycles. The fourth-order valence-electron chi connectivity index (χ4n) is 1.21. The smallest absolute Gasteiger partial charge is 0.216 e. The highest BCUT2D eigenvalue weighted by Crippen LogP contribution is 2.27. The van der Waals surface area contributed by atoms with Crippen molar-refractivity contribution in [2.75, 3.05) is 0 Å². The summed E-state index contributed by atoms with van der Waals surface area (Å²) in [4.78, 5) is 4.05. The number of benzene rings is 1. The number of H-pyrrole nitrogens is 1. The minimum Gasteiger partial charge on any atom is -0.279 e. The Hall–Kier alpha value is -1.20. The average molecular weight is 244 g/mol. The second-order valence-electron chi connectivity index (χ2n) is 3.02. The fraction of sp³-hybridized carbons (Fsp3) is 0.111. The monoisotopic (exact) mass is 243 g/mol. The first-order chi connectivity index (χ1) is 7.09. The summed E-state index contributed by atoms with van der Waals surface area (Å²) < 4.78 is 15.1. The van der Waals surface area contributed by atoms with Crippen LogP contribution in [0.3, 0.4) is 0 Å². The van der Waals surface area contributed by atoms with E-state index in [2.05, 4.69) is 10.1 Å². The van der Waals surface area contributed by atoms with Crippen LogP contribution >= 0.6 is 23.8 Å². The molecule has 0 radical (unpaired) electrons. The summed E-state index contributed by atoms with van der Waals surface area (Å²) in [5, 5.41) is 2.92. The Morgan fingerprint density at radius 1 is 1.53 bits per heavy atom. The quantitative estimate of drug-likeness (QED) is 0.782. The molecular formula is C9H7ClFN3S. The first-order valence-corrected chi connectivity index (χ1v) is 4.95. The number of nitrogens with one attached hydrogen (secondary N) is 1. The molecule has 0 bridgehead atoms. The van der Waals surface area contributed by atoms with Gasteiger partial charge in [0.2, 0.25) is 4.77 Å². The topological polar surface area (TPSA) is 33.6 Å². The van der Waals surface area contributed by atoms with E-state index in [4.69, 9.17) is 23.8 Å². The van der Waals surface area contributed by atoms with Crippen LogP contribution in [0.25, 0.3) is 11.4 Å². The highest BCUT2D eigenvalue weighted by Gasteiger charge is 2.10. The molecule has 0 spiro atoms. The number of halogens is 2. The normalized spacial score (nSPS) is 10.6. The Labute approximate surface area is 95.5 Å². The highest BCUT2D eigenvalue weighted by molar-refractivity contribution is 7.71. The number of hydrogen-bond acceptors (Lipinski definition) is 2. The minimum atomic E-state index is -0.473. The van der Waals surface area contributed by atoms with Crippen LogP contribution in [-0.2, 0) is 7.05 Å². The maximum Gasteiger partial charge on any atom is 0.216 e. The Balaban J connectivity index is 2.64. The first-order valence-electron chi connectivity index (χ1n) is 4.17. The van der Waals surface area contributed by atoms with E-state index in [1.54, 1.807) is 23.9 Å². The van der Waals surface area contributed by atoms with Gasteiger partial charge in [-0.2, -0.15) is 4.98 Å². The van der Waals surface area contributed by atoms with Crippen LogP contribution in [0.15, 0.2) is 18.2 Å². The molecule has 0 aliphatic rings. The predicted molar refractivity (Wildman–Crippen MR) is 58.8 cm³/mol. The molecule has 1 N–H and O–H groups in total. The van der Waals surface area contributed by atoms with Crippen molar-refractivity contribution in [3.8, 4) is 11.4 Å². The van der Waals surface area contributed by atoms with Gasteiger partial charge in [0, 0.05) is 12.6 Å². The van der Waals surface area contributed by atoms with Gasteiger partial charge >= 0.3 is 0 Å². The molecule has 0 aliphatic carbocycles. The Bertz CT molecular complexity index is 561. The van der Waals surface area contributed by atoms with E-state index in [-0.39, 0.29) is 5.02 Å². The van der Waals surface area contributed by atoms with Gasteiger partial charge in [0.05, 0.1) is 5.02 Å². The van der Waals surface area contributed by atoms with E-state index in [0.717, 1.165) is 0 Å². The molecule has 3 nitrogen and oxygen atoms in total. The Morgan fingerprint density at radius 3 is 2.87 bits per heavy atom. The molecule has 0 saturated carbocycles. The van der Waals surface area contributed by atoms with Crippen molar-refractivity contribution < 1.29 is 4.39 Å². The van der Waals surface area contributed by atoms with Crippen LogP contribution in [-0.4, -0.2) is 14.8 Å². The molecule has 0 unspecified atom stereocenters. The fourth-order valence-corrected chi connectivity index (χ4v) is 1.56. The molecule has 1 aromatic carbocycles. The zero-order valence-corrected chi connectivity index (χ0v) is 9.36. The van der Waals surface area contributed by atoms with Crippen LogP contribution in [0.5, 0.6) is 0 Å². The standard InChI is InChI=1S/C9H7ClFN3S/c1-14-9(15)12-8(13-14)5-3-2-4-6(11)7(5)10/h2-4H,1H3,(H,12,13,15). The van der Waals surface area contributed by atoms with Crippen molar-refractivity contribution in [3.05, 3.63) is 33.8 Å². The number of aromatic amines is 1. The zero-order chi connectivity index (χ0) is 11.0. The lowest BCUT2D eigenvalue weighted by molar-refractivity contribution is 0.628. The summed E-state index contributed by atoms with van der Waals surface area (Å²) in [7, 11) is 1.73. The summed E-state index contributed by atoms with van der Waals surface area (Å²) in [6.07, 6.45) is 0. The maximum atomic E-state index is 13.2. The number of aromatic nitrogens is 3. The number of hydrogen-bond donors (Lipinski definition) is 1. The third kappa shape index (κ3) is 1.80. The molecule has 0 saturated heterocycles. The molecule has 0 fully saturated rings. The van der Waals surface area contributed by atoms with Crippen molar-refractivity contribution >= 4 is 23.8 Å². The van der Waals surface area contributed by atoms with Crippen molar-refractivity contribution in [1.82, 2.24) is 14.8 Å². The summed E-state index contributed by atoms with van der Waals surface area (Å²) in [5.41, 5.74) is 0.503. The summed E-state index contributed by atoms with van der Waals surface area (Å²) in [6.45, 7) is 0. The van der Waals surface area contributed by atoms with Crippen LogP contribution in [0.2, 0.25) is 5.02 Å². The molecule has 2 rings (SSSR count). The summed E-state index contributed by atoms with van der Waals surface area (Å²) in [6, 6.07) is 4.55. The lowest BCUT2D eigenvalue weighted by atomic mass is 10.2. The van der Waals surface area contributed by atoms with E-state index < -0.39 is 5.82 Å². The van der Waals surface area contributed by atoms with Gasteiger partial charge in [-0.05, 0) is 24.4 Å². The van der Waals surface area contributed by atoms with Crippen molar-refractivity contribution in [2.45, 2.75) is 0 Å². The van der Waals surface area contributed by atoms with Crippen LogP contribution < -0.4 is 0 Å². The lowest BCUT2D eigenvalue weighted by Gasteiger charge is -2.00. The van der Waals surface area contributed by atoms with Gasteiger partial charge < -0.3 is 0 Å². The maximum absolute atomic E-state index is 13.2. The van der Waals surface area contributed by atoms with Crippen LogP contribution in [0, 0.1) is 10.6 Å². The Morgan fingerprint density at radius 2 is 2.27 bits per heavy atom. The molecule has 1 heterocycles. The van der Waals surface area contributed by atoms with E-state index >= 15 is 0 Å². The summed E-state index contributed by atoms with van der Waals surface area (Å²) in [5.74, 6) is -0.00821. The molecular weight excluding hydrogens is 237 g/mol. The van der Waals surface area contributed by atoms with E-state index in [1.165, 1.54) is 6.07 Å². The van der Waals surface area contributed by atoms with Gasteiger partial charge in [0.1, 0.15) is 5.82 Å². The highest BCUT2D eigenvalue weighted by atomic mass is 35.5. The predicted octanol–water partition coefficient (Wildman–Crippen LogP) is 2.94. The molecule has 2 aromatic rings. The van der Waals surface area contributed by atoms with Gasteiger partial charge in [0.15, 0.2) is 5.82 Å². The number of rotatable bonds is 1. The Kier molecular flexibility index (Phi) is 2.58. The van der Waals surface area contributed by atoms with E-state index in [1.807, 2.05) is 0 Å². The van der Waals surface area contributed by atoms with E-state index in [9.17, 15) is 4.39 Å². The van der Waals surface area contributed by atoms with Gasteiger partial charge in [-0.15, -0.1) is 0 Å². The average Bonchev–Trinajstić information content (AvgIpc) is 2.51. The summed E-state index contributed by atoms with van der Waals surface area (Å²) >= 11 is 10.7. The molecule has 78 valence electrons. The third-order valence-electron chi connectivity index (χ3n) is 1.97. The van der Waals surface area contributed by atoms with Crippen molar-refractivity contribution in [1.29, 1.82) is 0 Å². The molecule has 15 heavy (non-hydrogen) atoms. The van der Waals surface area contributed by atoms with Crippen molar-refractivity contribution in [3.63, 3.8) is 0 Å². The van der Waals surface area contributed by atoms with Gasteiger partial charge in [-0.1, -0.05) is 17.7 Å². The minimum absolute atomic E-state index is 0.0434. The van der Waals surface area contributed by atoms with Crippen molar-refractivity contribution in [2.24, 2.45) is 7.05 Å². The molecule has 0 atom stereocenters. The number of aryl methyl sites for hydroxylation is 1. The first kappa shape index (κ1) is 10.3. The van der Waals surface area contributed by atoms with Gasteiger partial charge in [-0.3, -0.25) is 9.78 Å². The SMILES string of the molecule is Cn1[nH]c(-c2cccc(F)c2Cl)nc1=S. The zero-order valence-electron chi connectivity index (χ0n) is 7.79. The number of nitrogens with zero attached hydrogens (tertiary/aromatic N) is 2. The largest absolute Gasteiger partial charge is 0.279 e. The van der Waals surface area contributed by atoms with E-state index in [0.29, 0.717) is 16.2 Å². The van der Waals surface area contributed by atoms with Crippen LogP contribution in [0.4, 0.5) is 4.39 Å². The second kappa shape index (κ2) is 3.75. The van der Waals surface area contributed by atoms with Gasteiger partial charge in [0.25, 0.3) is 0 Å². The van der Waals surface area contributed by atoms with Crippen LogP contribution in [0.1, 0.15) is 0 Å². The second-order valence-corrected chi connectivity index (χ2v) is 3.76. The van der Waals surface area contributed by atoms with Gasteiger partial charge in [-0.25, -0.2) is 4.39 Å². The molecule has 0 amide bonds.